The van der Waals surface area contributed by atoms with Crippen LogP contribution in [0, 0.1) is 6.92 Å². The van der Waals surface area contributed by atoms with E-state index in [2.05, 4.69) is 6.58 Å². The molecule has 0 unspecified atom stereocenters. The molecule has 2 aromatic carbocycles. The maximum Gasteiger partial charge on any atom is 0.305 e. The van der Waals surface area contributed by atoms with Gasteiger partial charge in [0.1, 0.15) is 6.61 Å². The highest BCUT2D eigenvalue weighted by molar-refractivity contribution is 6.06. The minimum atomic E-state index is -0.902. The van der Waals surface area contributed by atoms with Gasteiger partial charge in [0.15, 0.2) is 23.1 Å². The summed E-state index contributed by atoms with van der Waals surface area (Å²) in [5.41, 5.74) is 6.86. The molecule has 1 N–H and O–H groups in total. The Morgan fingerprint density at radius 2 is 1.66 bits per heavy atom. The maximum atomic E-state index is 13.6. The Kier molecular flexibility index (Phi) is 8.43. The average molecular weight is 556 g/mol. The first kappa shape index (κ1) is 28.4. The molecule has 0 aromatic heterocycles. The number of aryl methyl sites for hydroxylation is 1. The Morgan fingerprint density at radius 3 is 2.22 bits per heavy atom. The van der Waals surface area contributed by atoms with Gasteiger partial charge in [0.05, 0.1) is 13.5 Å². The molecule has 0 saturated carbocycles. The van der Waals surface area contributed by atoms with Gasteiger partial charge in [0.2, 0.25) is 0 Å². The molecule has 7 heteroatoms. The molecule has 0 spiro atoms. The van der Waals surface area contributed by atoms with Crippen LogP contribution in [0.5, 0.6) is 11.5 Å². The van der Waals surface area contributed by atoms with Gasteiger partial charge in [0, 0.05) is 53.4 Å². The van der Waals surface area contributed by atoms with Crippen LogP contribution < -0.4 is 9.47 Å². The number of carbonyl (C=O) groups excluding carboxylic acids is 2. The highest BCUT2D eigenvalue weighted by atomic mass is 16.5. The molecule has 3 aliphatic rings. The SMILES string of the molecule is C=CCc1cc(C2C3=C(CCCC3=O)N(CCC(=O)O)C3=C2C(=O)CCC3)cc(OC)c1OCc1ccc(C)cc1. The quantitative estimate of drug-likeness (QED) is 0.349. The van der Waals surface area contributed by atoms with Crippen molar-refractivity contribution in [2.75, 3.05) is 13.7 Å². The number of methoxy groups -OCH3 is 1. The maximum absolute atomic E-state index is 13.6. The number of nitrogens with zero attached hydrogens (tertiary/aromatic N) is 1. The van der Waals surface area contributed by atoms with Crippen LogP contribution in [0.3, 0.4) is 0 Å². The van der Waals surface area contributed by atoms with Crippen LogP contribution in [0.15, 0.2) is 71.6 Å². The van der Waals surface area contributed by atoms with Crippen molar-refractivity contribution in [1.82, 2.24) is 4.90 Å². The summed E-state index contributed by atoms with van der Waals surface area (Å²) in [5.74, 6) is -0.235. The standard InChI is InChI=1S/C34H37NO6/c1-4-7-23-18-24(19-29(40-3)34(23)41-20-22-14-12-21(2)13-15-22)31-32-25(8-5-10-27(32)36)35(17-16-30(38)39)26-9-6-11-28(37)33(26)31/h4,12-15,18-19,31H,1,5-11,16-17,20H2,2-3H3,(H,38,39). The molecule has 2 aliphatic carbocycles. The number of benzene rings is 2. The predicted molar refractivity (Wildman–Crippen MR) is 156 cm³/mol. The number of allylic oxidation sites excluding steroid dienone is 5. The first-order valence-corrected chi connectivity index (χ1v) is 14.3. The summed E-state index contributed by atoms with van der Waals surface area (Å²) in [5, 5.41) is 9.44. The Labute approximate surface area is 241 Å². The van der Waals surface area contributed by atoms with Crippen LogP contribution in [0.2, 0.25) is 0 Å². The van der Waals surface area contributed by atoms with Crippen molar-refractivity contribution in [3.63, 3.8) is 0 Å². The molecule has 214 valence electrons. The molecule has 0 amide bonds. The number of carboxylic acids is 1. The molecule has 0 radical (unpaired) electrons. The van der Waals surface area contributed by atoms with Gasteiger partial charge in [-0.15, -0.1) is 6.58 Å². The third-order valence-electron chi connectivity index (χ3n) is 8.21. The van der Waals surface area contributed by atoms with Crippen molar-refractivity contribution in [3.8, 4) is 11.5 Å². The van der Waals surface area contributed by atoms with E-state index < -0.39 is 11.9 Å². The first-order chi connectivity index (χ1) is 19.8. The molecule has 0 saturated heterocycles. The Bertz CT molecular complexity index is 1400. The van der Waals surface area contributed by atoms with E-state index >= 15 is 0 Å². The summed E-state index contributed by atoms with van der Waals surface area (Å²) in [4.78, 5) is 40.7. The summed E-state index contributed by atoms with van der Waals surface area (Å²) < 4.78 is 12.2. The van der Waals surface area contributed by atoms with Gasteiger partial charge in [-0.3, -0.25) is 14.4 Å². The first-order valence-electron chi connectivity index (χ1n) is 14.3. The largest absolute Gasteiger partial charge is 0.493 e. The van der Waals surface area contributed by atoms with Crippen LogP contribution in [-0.4, -0.2) is 41.2 Å². The van der Waals surface area contributed by atoms with Gasteiger partial charge in [-0.25, -0.2) is 0 Å². The van der Waals surface area contributed by atoms with E-state index in [1.165, 1.54) is 5.56 Å². The van der Waals surface area contributed by atoms with Crippen molar-refractivity contribution in [2.45, 2.75) is 70.8 Å². The van der Waals surface area contributed by atoms with Crippen molar-refractivity contribution in [3.05, 3.63) is 93.8 Å². The van der Waals surface area contributed by atoms with Gasteiger partial charge in [-0.2, -0.15) is 0 Å². The fourth-order valence-electron chi connectivity index (χ4n) is 6.34. The van der Waals surface area contributed by atoms with E-state index in [1.807, 2.05) is 48.2 Å². The van der Waals surface area contributed by atoms with Gasteiger partial charge in [-0.05, 0) is 56.2 Å². The van der Waals surface area contributed by atoms with E-state index in [0.29, 0.717) is 74.2 Å². The third-order valence-corrected chi connectivity index (χ3v) is 8.21. The average Bonchev–Trinajstić information content (AvgIpc) is 2.95. The van der Waals surface area contributed by atoms with E-state index in [-0.39, 0.29) is 24.5 Å². The molecule has 41 heavy (non-hydrogen) atoms. The number of carbonyl (C=O) groups is 3. The van der Waals surface area contributed by atoms with Crippen molar-refractivity contribution in [2.24, 2.45) is 0 Å². The van der Waals surface area contributed by atoms with Gasteiger partial charge in [0.25, 0.3) is 0 Å². The highest BCUT2D eigenvalue weighted by Crippen LogP contribution is 2.50. The number of rotatable bonds is 10. The molecular formula is C34H37NO6. The molecule has 0 bridgehead atoms. The summed E-state index contributed by atoms with van der Waals surface area (Å²) in [6.45, 7) is 6.60. The monoisotopic (exact) mass is 555 g/mol. The third kappa shape index (κ3) is 5.71. The molecule has 1 heterocycles. The van der Waals surface area contributed by atoms with Crippen LogP contribution >= 0.6 is 0 Å². The number of ketones is 2. The summed E-state index contributed by atoms with van der Waals surface area (Å²) in [7, 11) is 1.59. The summed E-state index contributed by atoms with van der Waals surface area (Å²) in [6.07, 6.45) is 5.85. The van der Waals surface area contributed by atoms with Crippen LogP contribution in [0.1, 0.15) is 73.1 Å². The molecule has 2 aromatic rings. The van der Waals surface area contributed by atoms with E-state index in [1.54, 1.807) is 13.2 Å². The molecule has 5 rings (SSSR count). The normalized spacial score (nSPS) is 17.4. The van der Waals surface area contributed by atoms with Crippen LogP contribution in [-0.2, 0) is 27.4 Å². The smallest absolute Gasteiger partial charge is 0.305 e. The molecule has 7 nitrogen and oxygen atoms in total. The van der Waals surface area contributed by atoms with Crippen LogP contribution in [0.4, 0.5) is 0 Å². The number of carboxylic acid groups (broad SMARTS) is 1. The zero-order chi connectivity index (χ0) is 29.1. The number of ether oxygens (including phenoxy) is 2. The number of hydrogen-bond donors (Lipinski definition) is 1. The van der Waals surface area contributed by atoms with E-state index in [0.717, 1.165) is 28.1 Å². The zero-order valence-corrected chi connectivity index (χ0v) is 23.8. The Balaban J connectivity index is 1.63. The van der Waals surface area contributed by atoms with Crippen molar-refractivity contribution < 1.29 is 29.0 Å². The van der Waals surface area contributed by atoms with Gasteiger partial charge >= 0.3 is 5.97 Å². The molecule has 1 aliphatic heterocycles. The van der Waals surface area contributed by atoms with E-state index in [9.17, 15) is 19.5 Å². The highest BCUT2D eigenvalue weighted by Gasteiger charge is 2.43. The summed E-state index contributed by atoms with van der Waals surface area (Å²) >= 11 is 0. The van der Waals surface area contributed by atoms with Gasteiger partial charge in [-0.1, -0.05) is 42.0 Å². The van der Waals surface area contributed by atoms with E-state index in [4.69, 9.17) is 9.47 Å². The van der Waals surface area contributed by atoms with Crippen molar-refractivity contribution >= 4 is 17.5 Å². The fraction of sp³-hybridized carbons (Fsp3) is 0.382. The Morgan fingerprint density at radius 1 is 1.02 bits per heavy atom. The molecular weight excluding hydrogens is 518 g/mol. The number of aliphatic carboxylic acids is 1. The second-order valence-corrected chi connectivity index (χ2v) is 11.0. The topological polar surface area (TPSA) is 93.1 Å². The molecule has 0 atom stereocenters. The second kappa shape index (κ2) is 12.2. The Hall–Kier alpha value is -4.13. The minimum absolute atomic E-state index is 0.0189. The van der Waals surface area contributed by atoms with Crippen molar-refractivity contribution in [1.29, 1.82) is 0 Å². The lowest BCUT2D eigenvalue weighted by Crippen LogP contribution is -2.40. The lowest BCUT2D eigenvalue weighted by atomic mass is 9.70. The second-order valence-electron chi connectivity index (χ2n) is 11.0. The molecule has 0 fully saturated rings. The summed E-state index contributed by atoms with van der Waals surface area (Å²) in [6, 6.07) is 12.1. The number of Topliss-reactive ketones (excluding diaryl/α,β-unsaturated/α-hetero) is 2. The lowest BCUT2D eigenvalue weighted by Gasteiger charge is -2.44. The predicted octanol–water partition coefficient (Wildman–Crippen LogP) is 6.20. The minimum Gasteiger partial charge on any atom is -0.493 e. The zero-order valence-electron chi connectivity index (χ0n) is 23.8. The van der Waals surface area contributed by atoms with Crippen LogP contribution in [0.25, 0.3) is 0 Å². The fourth-order valence-corrected chi connectivity index (χ4v) is 6.34. The van der Waals surface area contributed by atoms with Gasteiger partial charge < -0.3 is 19.5 Å². The number of hydrogen-bond acceptors (Lipinski definition) is 6. The lowest BCUT2D eigenvalue weighted by molar-refractivity contribution is -0.137.